The molecule has 50 valence electrons. The van der Waals surface area contributed by atoms with Crippen molar-refractivity contribution in [2.75, 3.05) is 0 Å². The van der Waals surface area contributed by atoms with Gasteiger partial charge in [0, 0.05) is 12.2 Å². The third-order valence-electron chi connectivity index (χ3n) is 0.487. The van der Waals surface area contributed by atoms with Crippen molar-refractivity contribution in [3.63, 3.8) is 0 Å². The van der Waals surface area contributed by atoms with Crippen LogP contribution in [0.2, 0.25) is 0 Å². The molecule has 4 nitrogen and oxygen atoms in total. The van der Waals surface area contributed by atoms with Gasteiger partial charge in [-0.25, -0.2) is 4.79 Å². The van der Waals surface area contributed by atoms with Crippen LogP contribution in [0.4, 0.5) is 0 Å². The first-order chi connectivity index (χ1) is 4.16. The summed E-state index contributed by atoms with van der Waals surface area (Å²) in [6, 6.07) is 0. The summed E-state index contributed by atoms with van der Waals surface area (Å²) in [6.45, 7) is 0. The van der Waals surface area contributed by atoms with E-state index >= 15 is 0 Å². The molecule has 9 heavy (non-hydrogen) atoms. The van der Waals surface area contributed by atoms with Gasteiger partial charge in [-0.15, -0.1) is 0 Å². The summed E-state index contributed by atoms with van der Waals surface area (Å²) in [5.41, 5.74) is 0. The second-order valence-electron chi connectivity index (χ2n) is 1.15. The number of carbonyl (C=O) groups is 2. The Morgan fingerprint density at radius 1 is 1.44 bits per heavy atom. The Bertz CT molecular complexity index is 154. The number of rotatable bonds is 2. The molecule has 0 spiro atoms. The van der Waals surface area contributed by atoms with E-state index in [4.69, 9.17) is 5.11 Å². The summed E-state index contributed by atoms with van der Waals surface area (Å²) in [5, 5.41) is 7.97. The summed E-state index contributed by atoms with van der Waals surface area (Å²) >= 11 is 3.37. The van der Waals surface area contributed by atoms with Crippen LogP contribution in [-0.2, 0) is 9.59 Å². The number of hydrogen-bond donors (Lipinski definition) is 3. The molecule has 0 aromatic rings. The molecule has 0 bridgehead atoms. The van der Waals surface area contributed by atoms with E-state index in [1.54, 1.807) is 0 Å². The standard InChI is InChI=1S/C4H5NO3S/c6-3(5-9)1-2-4(7)8/h1-2,9H,(H,5,6)(H,7,8). The first-order valence-corrected chi connectivity index (χ1v) is 2.46. The van der Waals surface area contributed by atoms with Crippen molar-refractivity contribution in [1.29, 1.82) is 0 Å². The van der Waals surface area contributed by atoms with E-state index in [2.05, 4.69) is 12.8 Å². The molecular weight excluding hydrogens is 142 g/mol. The van der Waals surface area contributed by atoms with Crippen molar-refractivity contribution >= 4 is 24.7 Å². The lowest BCUT2D eigenvalue weighted by Gasteiger charge is -1.84. The topological polar surface area (TPSA) is 66.4 Å². The fourth-order valence-corrected chi connectivity index (χ4v) is 0.259. The Balaban J connectivity index is 3.71. The maximum absolute atomic E-state index is 10.2. The molecule has 0 atom stereocenters. The molecular formula is C4H5NO3S. The molecule has 0 unspecified atom stereocenters. The lowest BCUT2D eigenvalue weighted by atomic mass is 10.5. The van der Waals surface area contributed by atoms with Crippen LogP contribution < -0.4 is 4.72 Å². The molecule has 0 aliphatic rings. The van der Waals surface area contributed by atoms with E-state index in [0.29, 0.717) is 0 Å². The van der Waals surface area contributed by atoms with Crippen LogP contribution in [0.25, 0.3) is 0 Å². The quantitative estimate of drug-likeness (QED) is 0.367. The second kappa shape index (κ2) is 3.96. The number of amides is 1. The maximum atomic E-state index is 10.2. The van der Waals surface area contributed by atoms with E-state index in [1.165, 1.54) is 0 Å². The first kappa shape index (κ1) is 8.03. The highest BCUT2D eigenvalue weighted by molar-refractivity contribution is 7.78. The Labute approximate surface area is 57.1 Å². The molecule has 0 heterocycles. The Kier molecular flexibility index (Phi) is 3.54. The van der Waals surface area contributed by atoms with Gasteiger partial charge in [0.2, 0.25) is 0 Å². The fourth-order valence-electron chi connectivity index (χ4n) is 0.184. The van der Waals surface area contributed by atoms with Crippen molar-refractivity contribution in [3.8, 4) is 0 Å². The first-order valence-electron chi connectivity index (χ1n) is 2.02. The predicted molar refractivity (Wildman–Crippen MR) is 33.9 cm³/mol. The maximum Gasteiger partial charge on any atom is 0.328 e. The van der Waals surface area contributed by atoms with Gasteiger partial charge in [-0.2, -0.15) is 0 Å². The second-order valence-corrected chi connectivity index (χ2v) is 1.37. The minimum Gasteiger partial charge on any atom is -0.478 e. The zero-order chi connectivity index (χ0) is 7.28. The number of carbonyl (C=O) groups excluding carboxylic acids is 1. The molecule has 0 saturated carbocycles. The third-order valence-corrected chi connectivity index (χ3v) is 0.708. The predicted octanol–water partition coefficient (Wildman–Crippen LogP) is -0.412. The Morgan fingerprint density at radius 2 is 2.00 bits per heavy atom. The number of carboxylic acids is 1. The molecule has 0 aliphatic heterocycles. The van der Waals surface area contributed by atoms with Crippen LogP contribution >= 0.6 is 12.8 Å². The molecule has 0 aromatic carbocycles. The molecule has 0 rings (SSSR count). The van der Waals surface area contributed by atoms with E-state index < -0.39 is 11.9 Å². The van der Waals surface area contributed by atoms with Crippen molar-refractivity contribution in [3.05, 3.63) is 12.2 Å². The Hall–Kier alpha value is -0.970. The zero-order valence-electron chi connectivity index (χ0n) is 4.37. The van der Waals surface area contributed by atoms with E-state index in [0.717, 1.165) is 12.2 Å². The summed E-state index contributed by atoms with van der Waals surface area (Å²) in [5.74, 6) is -1.72. The van der Waals surface area contributed by atoms with E-state index in [9.17, 15) is 9.59 Å². The number of nitrogens with one attached hydrogen (secondary N) is 1. The monoisotopic (exact) mass is 147 g/mol. The van der Waals surface area contributed by atoms with Crippen molar-refractivity contribution in [2.24, 2.45) is 0 Å². The number of thiol groups is 1. The summed E-state index contributed by atoms with van der Waals surface area (Å²) in [4.78, 5) is 19.9. The zero-order valence-corrected chi connectivity index (χ0v) is 5.26. The molecule has 0 saturated heterocycles. The minimum atomic E-state index is -1.16. The average molecular weight is 147 g/mol. The van der Waals surface area contributed by atoms with Crippen molar-refractivity contribution < 1.29 is 14.7 Å². The van der Waals surface area contributed by atoms with Crippen LogP contribution in [0.15, 0.2) is 12.2 Å². The van der Waals surface area contributed by atoms with Crippen molar-refractivity contribution in [2.45, 2.75) is 0 Å². The van der Waals surface area contributed by atoms with Crippen LogP contribution in [0, 0.1) is 0 Å². The average Bonchev–Trinajstić information content (AvgIpc) is 1.83. The number of carboxylic acid groups (broad SMARTS) is 1. The van der Waals surface area contributed by atoms with Gasteiger partial charge < -0.3 is 5.11 Å². The minimum absolute atomic E-state index is 0.555. The van der Waals surface area contributed by atoms with Crippen LogP contribution in [0.3, 0.4) is 0 Å². The van der Waals surface area contributed by atoms with Crippen LogP contribution in [0.1, 0.15) is 0 Å². The van der Waals surface area contributed by atoms with Crippen molar-refractivity contribution in [1.82, 2.24) is 4.72 Å². The highest BCUT2D eigenvalue weighted by atomic mass is 32.1. The molecule has 0 radical (unpaired) electrons. The fraction of sp³-hybridized carbons (Fsp3) is 0. The van der Waals surface area contributed by atoms with Gasteiger partial charge in [0.15, 0.2) is 0 Å². The van der Waals surface area contributed by atoms with Crippen LogP contribution in [0.5, 0.6) is 0 Å². The third kappa shape index (κ3) is 4.89. The van der Waals surface area contributed by atoms with Gasteiger partial charge in [-0.05, 0) is 0 Å². The molecule has 0 fully saturated rings. The summed E-state index contributed by atoms with van der Waals surface area (Å²) < 4.78 is 1.93. The van der Waals surface area contributed by atoms with Gasteiger partial charge in [0.1, 0.15) is 0 Å². The van der Waals surface area contributed by atoms with Gasteiger partial charge in [0.05, 0.1) is 0 Å². The largest absolute Gasteiger partial charge is 0.478 e. The van der Waals surface area contributed by atoms with E-state index in [-0.39, 0.29) is 0 Å². The number of hydrogen-bond acceptors (Lipinski definition) is 3. The number of aliphatic carboxylic acids is 1. The molecule has 0 aliphatic carbocycles. The Morgan fingerprint density at radius 3 is 2.33 bits per heavy atom. The van der Waals surface area contributed by atoms with Gasteiger partial charge >= 0.3 is 5.97 Å². The SMILES string of the molecule is O=C(O)C=CC(=O)NS. The smallest absolute Gasteiger partial charge is 0.328 e. The molecule has 5 heteroatoms. The highest BCUT2D eigenvalue weighted by Crippen LogP contribution is 1.73. The highest BCUT2D eigenvalue weighted by Gasteiger charge is 1.90. The summed E-state index contributed by atoms with van der Waals surface area (Å²) in [6.07, 6.45) is 1.60. The molecule has 1 amide bonds. The molecule has 0 aromatic heterocycles. The summed E-state index contributed by atoms with van der Waals surface area (Å²) in [7, 11) is 0. The van der Waals surface area contributed by atoms with Gasteiger partial charge in [-0.1, -0.05) is 12.8 Å². The normalized spacial score (nSPS) is 9.44. The van der Waals surface area contributed by atoms with Crippen LogP contribution in [-0.4, -0.2) is 17.0 Å². The van der Waals surface area contributed by atoms with Gasteiger partial charge in [0.25, 0.3) is 5.91 Å². The lowest BCUT2D eigenvalue weighted by molar-refractivity contribution is -0.131. The van der Waals surface area contributed by atoms with Gasteiger partial charge in [-0.3, -0.25) is 9.52 Å². The lowest BCUT2D eigenvalue weighted by Crippen LogP contribution is -2.08. The van der Waals surface area contributed by atoms with E-state index in [1.807, 2.05) is 4.72 Å². The molecule has 2 N–H and O–H groups in total.